The third kappa shape index (κ3) is 4.07. The summed E-state index contributed by atoms with van der Waals surface area (Å²) in [5.74, 6) is 0.879. The molecule has 0 saturated carbocycles. The summed E-state index contributed by atoms with van der Waals surface area (Å²) in [5, 5.41) is 0.960. The van der Waals surface area contributed by atoms with Crippen LogP contribution in [0.2, 0.25) is 0 Å². The quantitative estimate of drug-likeness (QED) is 0.448. The van der Waals surface area contributed by atoms with E-state index in [-0.39, 0.29) is 10.3 Å². The van der Waals surface area contributed by atoms with Crippen LogP contribution in [0, 0.1) is 0 Å². The highest BCUT2D eigenvalue weighted by molar-refractivity contribution is 7.90. The fraction of sp³-hybridized carbons (Fsp3) is 0.308. The molecule has 0 unspecified atom stereocenters. The molecule has 0 N–H and O–H groups in total. The number of hydrogen-bond donors (Lipinski definition) is 0. The van der Waals surface area contributed by atoms with Crippen molar-refractivity contribution < 1.29 is 8.42 Å². The molecule has 2 aromatic heterocycles. The van der Waals surface area contributed by atoms with E-state index >= 15 is 0 Å². The van der Waals surface area contributed by atoms with Crippen LogP contribution in [0.5, 0.6) is 0 Å². The monoisotopic (exact) mass is 460 g/mol. The van der Waals surface area contributed by atoms with Crippen LogP contribution in [0.15, 0.2) is 71.9 Å². The molecule has 7 heteroatoms. The van der Waals surface area contributed by atoms with Crippen molar-refractivity contribution in [2.75, 3.05) is 6.54 Å². The summed E-state index contributed by atoms with van der Waals surface area (Å²) >= 11 is 0. The Hall–Kier alpha value is -3.03. The first-order valence-corrected chi connectivity index (χ1v) is 12.6. The van der Waals surface area contributed by atoms with Crippen molar-refractivity contribution >= 4 is 20.9 Å². The zero-order valence-electron chi connectivity index (χ0n) is 19.2. The number of nitrogens with zero attached hydrogens (tertiary/aromatic N) is 4. The van der Waals surface area contributed by atoms with E-state index in [0.717, 1.165) is 47.5 Å². The second-order valence-corrected chi connectivity index (χ2v) is 11.5. The van der Waals surface area contributed by atoms with E-state index in [4.69, 9.17) is 4.98 Å². The fourth-order valence-electron chi connectivity index (χ4n) is 4.36. The van der Waals surface area contributed by atoms with Gasteiger partial charge in [-0.2, -0.15) is 0 Å². The third-order valence-corrected chi connectivity index (χ3v) is 7.83. The molecule has 0 saturated heterocycles. The molecule has 1 aliphatic heterocycles. The number of benzene rings is 2. The predicted octanol–water partition coefficient (Wildman–Crippen LogP) is 4.52. The van der Waals surface area contributed by atoms with Gasteiger partial charge in [0.1, 0.15) is 5.82 Å². The average molecular weight is 461 g/mol. The highest BCUT2D eigenvalue weighted by atomic mass is 32.2. The van der Waals surface area contributed by atoms with Crippen molar-refractivity contribution in [3.63, 3.8) is 0 Å². The summed E-state index contributed by atoms with van der Waals surface area (Å²) in [6.45, 7) is 8.68. The van der Waals surface area contributed by atoms with Gasteiger partial charge in [-0.25, -0.2) is 22.4 Å². The summed E-state index contributed by atoms with van der Waals surface area (Å²) < 4.78 is 28.1. The van der Waals surface area contributed by atoms with Crippen molar-refractivity contribution in [1.82, 2.24) is 18.8 Å². The van der Waals surface area contributed by atoms with Gasteiger partial charge in [0.25, 0.3) is 10.0 Å². The lowest BCUT2D eigenvalue weighted by Crippen LogP contribution is -2.31. The Morgan fingerprint density at radius 1 is 1.00 bits per heavy atom. The molecular weight excluding hydrogens is 432 g/mol. The normalized spacial score (nSPS) is 15.0. The predicted molar refractivity (Wildman–Crippen MR) is 130 cm³/mol. The Labute approximate surface area is 195 Å². The lowest BCUT2D eigenvalue weighted by atomic mass is 9.95. The van der Waals surface area contributed by atoms with Gasteiger partial charge in [0.2, 0.25) is 0 Å². The maximum atomic E-state index is 13.4. The van der Waals surface area contributed by atoms with Crippen molar-refractivity contribution in [3.8, 4) is 0 Å². The van der Waals surface area contributed by atoms with Crippen LogP contribution in [0.4, 0.5) is 0 Å². The van der Waals surface area contributed by atoms with Crippen molar-refractivity contribution in [3.05, 3.63) is 89.6 Å². The number of fused-ring (bicyclic) bond motifs is 2. The summed E-state index contributed by atoms with van der Waals surface area (Å²) in [5.41, 5.74) is 3.90. The van der Waals surface area contributed by atoms with Crippen LogP contribution in [-0.2, 0) is 34.9 Å². The van der Waals surface area contributed by atoms with Gasteiger partial charge in [0.15, 0.2) is 0 Å². The SMILES string of the molecule is CC(C)(C)c1ncc2c(n1)CCN(Cc1cn(S(=O)(=O)c3ccccc3)c3ccccc13)C2. The number of para-hydroxylation sites is 1. The van der Waals surface area contributed by atoms with E-state index in [9.17, 15) is 8.42 Å². The first kappa shape index (κ1) is 21.8. The van der Waals surface area contributed by atoms with Crippen LogP contribution in [0.1, 0.15) is 43.4 Å². The molecule has 2 aromatic carbocycles. The Morgan fingerprint density at radius 2 is 1.73 bits per heavy atom. The fourth-order valence-corrected chi connectivity index (χ4v) is 5.77. The van der Waals surface area contributed by atoms with E-state index in [0.29, 0.717) is 12.1 Å². The lowest BCUT2D eigenvalue weighted by molar-refractivity contribution is 0.243. The Bertz CT molecular complexity index is 1420. The van der Waals surface area contributed by atoms with E-state index in [1.54, 1.807) is 30.5 Å². The smallest absolute Gasteiger partial charge is 0.268 e. The minimum Gasteiger partial charge on any atom is -0.294 e. The molecule has 3 heterocycles. The maximum absolute atomic E-state index is 13.4. The second kappa shape index (κ2) is 8.08. The topological polar surface area (TPSA) is 68.1 Å². The average Bonchev–Trinajstić information content (AvgIpc) is 3.18. The Morgan fingerprint density at radius 3 is 2.48 bits per heavy atom. The molecule has 1 aliphatic rings. The van der Waals surface area contributed by atoms with E-state index in [2.05, 4.69) is 30.7 Å². The molecule has 0 amide bonds. The molecule has 4 aromatic rings. The van der Waals surface area contributed by atoms with Crippen molar-refractivity contribution in [1.29, 1.82) is 0 Å². The highest BCUT2D eigenvalue weighted by Crippen LogP contribution is 2.29. The van der Waals surface area contributed by atoms with E-state index in [1.165, 1.54) is 3.97 Å². The van der Waals surface area contributed by atoms with Gasteiger partial charge in [-0.3, -0.25) is 4.90 Å². The maximum Gasteiger partial charge on any atom is 0.268 e. The van der Waals surface area contributed by atoms with Crippen LogP contribution < -0.4 is 0 Å². The van der Waals surface area contributed by atoms with Crippen molar-refractivity contribution in [2.24, 2.45) is 0 Å². The summed E-state index contributed by atoms with van der Waals surface area (Å²) in [7, 11) is -3.67. The molecule has 0 aliphatic carbocycles. The van der Waals surface area contributed by atoms with Gasteiger partial charge < -0.3 is 0 Å². The highest BCUT2D eigenvalue weighted by Gasteiger charge is 2.25. The first-order valence-electron chi connectivity index (χ1n) is 11.2. The zero-order chi connectivity index (χ0) is 23.2. The summed E-state index contributed by atoms with van der Waals surface area (Å²) in [6, 6.07) is 16.3. The van der Waals surface area contributed by atoms with E-state index in [1.807, 2.05) is 36.5 Å². The molecule has 5 rings (SSSR count). The molecule has 0 fully saturated rings. The van der Waals surface area contributed by atoms with Crippen LogP contribution in [-0.4, -0.2) is 33.8 Å². The van der Waals surface area contributed by atoms with Gasteiger partial charge >= 0.3 is 0 Å². The largest absolute Gasteiger partial charge is 0.294 e. The Kier molecular flexibility index (Phi) is 5.34. The first-order chi connectivity index (χ1) is 15.7. The van der Waals surface area contributed by atoms with Gasteiger partial charge in [-0.1, -0.05) is 57.2 Å². The molecule has 0 radical (unpaired) electrons. The molecule has 0 atom stereocenters. The lowest BCUT2D eigenvalue weighted by Gasteiger charge is -2.29. The third-order valence-electron chi connectivity index (χ3n) is 6.14. The molecule has 6 nitrogen and oxygen atoms in total. The minimum atomic E-state index is -3.67. The second-order valence-electron chi connectivity index (χ2n) is 9.66. The standard InChI is InChI=1S/C26H28N4O2S/c1-26(2,3)25-27-15-19-16-29(14-13-23(19)28-25)17-20-18-30(24-12-8-7-11-22(20)24)33(31,32)21-9-5-4-6-10-21/h4-12,15,18H,13-14,16-17H2,1-3H3. The van der Waals surface area contributed by atoms with Crippen molar-refractivity contribution in [2.45, 2.75) is 50.6 Å². The van der Waals surface area contributed by atoms with Crippen LogP contribution >= 0.6 is 0 Å². The van der Waals surface area contributed by atoms with Gasteiger partial charge in [0, 0.05) is 60.5 Å². The zero-order valence-corrected chi connectivity index (χ0v) is 20.0. The van der Waals surface area contributed by atoms with Gasteiger partial charge in [-0.05, 0) is 23.8 Å². The van der Waals surface area contributed by atoms with Gasteiger partial charge in [0.05, 0.1) is 10.4 Å². The molecular formula is C26H28N4O2S. The molecule has 170 valence electrons. The van der Waals surface area contributed by atoms with Gasteiger partial charge in [-0.15, -0.1) is 0 Å². The van der Waals surface area contributed by atoms with Crippen LogP contribution in [0.3, 0.4) is 0 Å². The van der Waals surface area contributed by atoms with E-state index < -0.39 is 10.0 Å². The minimum absolute atomic E-state index is 0.0712. The summed E-state index contributed by atoms with van der Waals surface area (Å²) in [4.78, 5) is 12.1. The number of hydrogen-bond acceptors (Lipinski definition) is 5. The number of rotatable bonds is 4. The molecule has 0 spiro atoms. The molecule has 33 heavy (non-hydrogen) atoms. The van der Waals surface area contributed by atoms with Crippen LogP contribution in [0.25, 0.3) is 10.9 Å². The Balaban J connectivity index is 1.46. The number of aromatic nitrogens is 3. The summed E-state index contributed by atoms with van der Waals surface area (Å²) in [6.07, 6.45) is 4.60. The molecule has 0 bridgehead atoms.